The Bertz CT molecular complexity index is 823. The molecule has 0 unspecified atom stereocenters. The predicted octanol–water partition coefficient (Wildman–Crippen LogP) is 4.13. The molecule has 0 atom stereocenters. The van der Waals surface area contributed by atoms with Crippen molar-refractivity contribution >= 4 is 44.9 Å². The molecular weight excluding hydrogens is 256 g/mol. The highest BCUT2D eigenvalue weighted by Crippen LogP contribution is 2.34. The number of pyridine rings is 1. The molecule has 0 fully saturated rings. The summed E-state index contributed by atoms with van der Waals surface area (Å²) in [6, 6.07) is 13.6. The van der Waals surface area contributed by atoms with Gasteiger partial charge in [-0.3, -0.25) is 0 Å². The van der Waals surface area contributed by atoms with E-state index in [-0.39, 0.29) is 0 Å². The number of isothiocyanates is 1. The fraction of sp³-hybridized carbons (Fsp3) is 0.0667. The Morgan fingerprint density at radius 1 is 1.11 bits per heavy atom. The standard InChI is InChI=1S/C15H10N2OS/c1-18-10-6-7-12-14(8-10)17-13-5-3-2-4-11(13)15(12)16-9-19/h2-8H,1H3. The number of aliphatic imine (C=N–C) groups is 1. The fourth-order valence-electron chi connectivity index (χ4n) is 2.14. The highest BCUT2D eigenvalue weighted by atomic mass is 32.1. The van der Waals surface area contributed by atoms with Gasteiger partial charge < -0.3 is 4.74 Å². The molecule has 92 valence electrons. The number of ether oxygens (including phenoxy) is 1. The van der Waals surface area contributed by atoms with Crippen molar-refractivity contribution in [2.24, 2.45) is 4.99 Å². The summed E-state index contributed by atoms with van der Waals surface area (Å²) in [7, 11) is 1.64. The topological polar surface area (TPSA) is 34.5 Å². The SMILES string of the molecule is COc1ccc2c(N=C=S)c3ccccc3nc2c1. The number of fused-ring (bicyclic) bond motifs is 2. The van der Waals surface area contributed by atoms with Crippen LogP contribution in [0.25, 0.3) is 21.8 Å². The van der Waals surface area contributed by atoms with E-state index in [1.807, 2.05) is 42.5 Å². The first-order valence-corrected chi connectivity index (χ1v) is 6.18. The third kappa shape index (κ3) is 1.97. The summed E-state index contributed by atoms with van der Waals surface area (Å²) in [6.45, 7) is 0. The first-order chi connectivity index (χ1) is 9.33. The van der Waals surface area contributed by atoms with Gasteiger partial charge in [-0.1, -0.05) is 18.2 Å². The van der Waals surface area contributed by atoms with Gasteiger partial charge in [-0.05, 0) is 30.4 Å². The first-order valence-electron chi connectivity index (χ1n) is 5.78. The van der Waals surface area contributed by atoms with E-state index in [4.69, 9.17) is 17.0 Å². The van der Waals surface area contributed by atoms with E-state index in [0.29, 0.717) is 0 Å². The van der Waals surface area contributed by atoms with E-state index in [9.17, 15) is 0 Å². The predicted molar refractivity (Wildman–Crippen MR) is 80.5 cm³/mol. The summed E-state index contributed by atoms with van der Waals surface area (Å²) >= 11 is 4.75. The molecule has 1 aromatic heterocycles. The maximum absolute atomic E-state index is 5.23. The summed E-state index contributed by atoms with van der Waals surface area (Å²) in [5, 5.41) is 4.36. The molecule has 0 aliphatic heterocycles. The first kappa shape index (κ1) is 11.8. The molecule has 0 saturated heterocycles. The van der Waals surface area contributed by atoms with Crippen LogP contribution in [-0.4, -0.2) is 17.3 Å². The summed E-state index contributed by atoms with van der Waals surface area (Å²) in [6.07, 6.45) is 0. The van der Waals surface area contributed by atoms with E-state index in [1.54, 1.807) is 7.11 Å². The minimum Gasteiger partial charge on any atom is -0.497 e. The largest absolute Gasteiger partial charge is 0.497 e. The smallest absolute Gasteiger partial charge is 0.121 e. The van der Waals surface area contributed by atoms with Crippen molar-refractivity contribution in [2.75, 3.05) is 7.11 Å². The van der Waals surface area contributed by atoms with Gasteiger partial charge in [-0.2, -0.15) is 4.99 Å². The molecular formula is C15H10N2OS. The Morgan fingerprint density at radius 2 is 1.89 bits per heavy atom. The molecule has 19 heavy (non-hydrogen) atoms. The van der Waals surface area contributed by atoms with E-state index in [1.165, 1.54) is 0 Å². The second kappa shape index (κ2) is 4.76. The Labute approximate surface area is 115 Å². The number of hydrogen-bond acceptors (Lipinski definition) is 4. The molecule has 1 heterocycles. The van der Waals surface area contributed by atoms with Crippen molar-refractivity contribution in [2.45, 2.75) is 0 Å². The van der Waals surface area contributed by atoms with Gasteiger partial charge in [0.1, 0.15) is 5.75 Å². The van der Waals surface area contributed by atoms with E-state index >= 15 is 0 Å². The Kier molecular flexibility index (Phi) is 2.95. The van der Waals surface area contributed by atoms with Crippen LogP contribution in [0.15, 0.2) is 47.5 Å². The lowest BCUT2D eigenvalue weighted by Gasteiger charge is -2.07. The number of thiocarbonyl (C=S) groups is 1. The number of benzene rings is 2. The van der Waals surface area contributed by atoms with Crippen molar-refractivity contribution < 1.29 is 4.74 Å². The third-order valence-corrected chi connectivity index (χ3v) is 3.11. The average molecular weight is 266 g/mol. The maximum atomic E-state index is 5.23. The third-order valence-electron chi connectivity index (χ3n) is 3.02. The highest BCUT2D eigenvalue weighted by molar-refractivity contribution is 7.78. The van der Waals surface area contributed by atoms with Crippen molar-refractivity contribution in [3.63, 3.8) is 0 Å². The molecule has 0 aliphatic carbocycles. The van der Waals surface area contributed by atoms with Crippen LogP contribution < -0.4 is 4.74 Å². The molecule has 0 radical (unpaired) electrons. The van der Waals surface area contributed by atoms with Crippen LogP contribution in [0, 0.1) is 0 Å². The van der Waals surface area contributed by atoms with Crippen LogP contribution in [0.1, 0.15) is 0 Å². The number of aromatic nitrogens is 1. The molecule has 3 nitrogen and oxygen atoms in total. The summed E-state index contributed by atoms with van der Waals surface area (Å²) < 4.78 is 5.23. The maximum Gasteiger partial charge on any atom is 0.121 e. The number of nitrogens with zero attached hydrogens (tertiary/aromatic N) is 2. The molecule has 0 spiro atoms. The monoisotopic (exact) mass is 266 g/mol. The normalized spacial score (nSPS) is 10.4. The van der Waals surface area contributed by atoms with Crippen LogP contribution in [0.5, 0.6) is 5.75 Å². The molecule has 4 heteroatoms. The van der Waals surface area contributed by atoms with Gasteiger partial charge in [0.15, 0.2) is 0 Å². The molecule has 0 N–H and O–H groups in total. The van der Waals surface area contributed by atoms with Gasteiger partial charge in [0.05, 0.1) is 29.0 Å². The summed E-state index contributed by atoms with van der Waals surface area (Å²) in [4.78, 5) is 8.83. The second-order valence-corrected chi connectivity index (χ2v) is 4.25. The van der Waals surface area contributed by atoms with Gasteiger partial charge in [0.25, 0.3) is 0 Å². The highest BCUT2D eigenvalue weighted by Gasteiger charge is 2.08. The van der Waals surface area contributed by atoms with Crippen LogP contribution in [-0.2, 0) is 0 Å². The molecule has 0 amide bonds. The van der Waals surface area contributed by atoms with Crippen molar-refractivity contribution in [3.8, 4) is 5.75 Å². The number of methoxy groups -OCH3 is 1. The van der Waals surface area contributed by atoms with Crippen LogP contribution >= 0.6 is 12.2 Å². The van der Waals surface area contributed by atoms with Crippen molar-refractivity contribution in [3.05, 3.63) is 42.5 Å². The minimum absolute atomic E-state index is 0.771. The van der Waals surface area contributed by atoms with Crippen LogP contribution in [0.3, 0.4) is 0 Å². The fourth-order valence-corrected chi connectivity index (χ4v) is 2.23. The van der Waals surface area contributed by atoms with Crippen LogP contribution in [0.4, 0.5) is 5.69 Å². The average Bonchev–Trinajstić information content (AvgIpc) is 2.46. The van der Waals surface area contributed by atoms with Crippen molar-refractivity contribution in [1.29, 1.82) is 0 Å². The van der Waals surface area contributed by atoms with E-state index in [0.717, 1.165) is 33.2 Å². The van der Waals surface area contributed by atoms with Crippen molar-refractivity contribution in [1.82, 2.24) is 4.98 Å². The lowest BCUT2D eigenvalue weighted by Crippen LogP contribution is -1.87. The molecule has 3 rings (SSSR count). The lowest BCUT2D eigenvalue weighted by molar-refractivity contribution is 0.415. The zero-order valence-electron chi connectivity index (χ0n) is 10.3. The van der Waals surface area contributed by atoms with E-state index in [2.05, 4.69) is 15.1 Å². The Morgan fingerprint density at radius 3 is 2.68 bits per heavy atom. The van der Waals surface area contributed by atoms with Gasteiger partial charge in [-0.15, -0.1) is 0 Å². The minimum atomic E-state index is 0.771. The second-order valence-electron chi connectivity index (χ2n) is 4.06. The zero-order valence-corrected chi connectivity index (χ0v) is 11.1. The van der Waals surface area contributed by atoms with Gasteiger partial charge in [0, 0.05) is 16.8 Å². The summed E-state index contributed by atoms with van der Waals surface area (Å²) in [5.41, 5.74) is 2.52. The summed E-state index contributed by atoms with van der Waals surface area (Å²) in [5.74, 6) is 0.771. The quantitative estimate of drug-likeness (QED) is 0.397. The molecule has 0 saturated carbocycles. The number of rotatable bonds is 2. The molecule has 0 aliphatic rings. The van der Waals surface area contributed by atoms with Crippen LogP contribution in [0.2, 0.25) is 0 Å². The Balaban J connectivity index is 2.50. The van der Waals surface area contributed by atoms with E-state index < -0.39 is 0 Å². The number of para-hydroxylation sites is 1. The van der Waals surface area contributed by atoms with Gasteiger partial charge >= 0.3 is 0 Å². The van der Waals surface area contributed by atoms with Gasteiger partial charge in [0.2, 0.25) is 0 Å². The molecule has 2 aromatic carbocycles. The molecule has 0 bridgehead atoms. The Hall–Kier alpha value is -2.29. The molecule has 3 aromatic rings. The lowest BCUT2D eigenvalue weighted by atomic mass is 10.1. The van der Waals surface area contributed by atoms with Gasteiger partial charge in [-0.25, -0.2) is 4.98 Å². The zero-order chi connectivity index (χ0) is 13.2. The number of hydrogen-bond donors (Lipinski definition) is 0.